The van der Waals surface area contributed by atoms with Gasteiger partial charge in [-0.2, -0.15) is 0 Å². The van der Waals surface area contributed by atoms with Crippen LogP contribution in [0.3, 0.4) is 0 Å². The van der Waals surface area contributed by atoms with Gasteiger partial charge in [0, 0.05) is 20.0 Å². The smallest absolute Gasteiger partial charge is 0.321 e. The predicted molar refractivity (Wildman–Crippen MR) is 69.6 cm³/mol. The van der Waals surface area contributed by atoms with Crippen molar-refractivity contribution in [2.75, 3.05) is 18.5 Å². The molecule has 0 aromatic heterocycles. The number of anilines is 1. The maximum Gasteiger partial charge on any atom is 0.321 e. The van der Waals surface area contributed by atoms with Gasteiger partial charge in [-0.15, -0.1) is 0 Å². The molecule has 0 aliphatic carbocycles. The Morgan fingerprint density at radius 3 is 2.63 bits per heavy atom. The molecule has 0 saturated carbocycles. The Hall–Kier alpha value is -2.11. The topological polar surface area (TPSA) is 69.6 Å². The zero-order valence-electron chi connectivity index (χ0n) is 10.9. The van der Waals surface area contributed by atoms with Crippen LogP contribution in [0.4, 0.5) is 14.9 Å². The highest BCUT2D eigenvalue weighted by molar-refractivity contribution is 5.91. The van der Waals surface area contributed by atoms with Gasteiger partial charge in [-0.25, -0.2) is 9.18 Å². The fourth-order valence-corrected chi connectivity index (χ4v) is 1.58. The molecule has 1 atom stereocenters. The van der Waals surface area contributed by atoms with Gasteiger partial charge in [0.2, 0.25) is 0 Å². The Kier molecular flexibility index (Phi) is 5.29. The van der Waals surface area contributed by atoms with Gasteiger partial charge >= 0.3 is 12.0 Å². The lowest BCUT2D eigenvalue weighted by Crippen LogP contribution is -2.40. The Balaban J connectivity index is 2.54. The number of hydrogen-bond donors (Lipinski definition) is 2. The molecule has 0 heterocycles. The first kappa shape index (κ1) is 14.9. The van der Waals surface area contributed by atoms with Crippen molar-refractivity contribution in [2.45, 2.75) is 13.3 Å². The summed E-state index contributed by atoms with van der Waals surface area (Å²) < 4.78 is 13.5. The highest BCUT2D eigenvalue weighted by Gasteiger charge is 2.15. The van der Waals surface area contributed by atoms with Crippen molar-refractivity contribution in [1.29, 1.82) is 0 Å². The summed E-state index contributed by atoms with van der Waals surface area (Å²) in [4.78, 5) is 23.4. The molecule has 104 valence electrons. The number of carboxylic acids is 1. The van der Waals surface area contributed by atoms with Crippen LogP contribution in [0.2, 0.25) is 0 Å². The molecule has 0 radical (unpaired) electrons. The lowest BCUT2D eigenvalue weighted by molar-refractivity contribution is -0.137. The van der Waals surface area contributed by atoms with Crippen molar-refractivity contribution in [2.24, 2.45) is 5.92 Å². The molecule has 1 aromatic rings. The number of carboxylic acid groups (broad SMARTS) is 1. The minimum Gasteiger partial charge on any atom is -0.481 e. The molecule has 1 unspecified atom stereocenters. The first-order chi connectivity index (χ1) is 8.91. The molecule has 5 nitrogen and oxygen atoms in total. The highest BCUT2D eigenvalue weighted by Crippen LogP contribution is 2.16. The third-order valence-electron chi connectivity index (χ3n) is 2.64. The lowest BCUT2D eigenvalue weighted by atomic mass is 10.1. The zero-order chi connectivity index (χ0) is 14.4. The molecule has 0 spiro atoms. The van der Waals surface area contributed by atoms with Gasteiger partial charge in [0.1, 0.15) is 5.82 Å². The zero-order valence-corrected chi connectivity index (χ0v) is 10.9. The number of para-hydroxylation sites is 1. The van der Waals surface area contributed by atoms with E-state index in [2.05, 4.69) is 5.32 Å². The fourth-order valence-electron chi connectivity index (χ4n) is 1.58. The fraction of sp³-hybridized carbons (Fsp3) is 0.385. The second-order valence-electron chi connectivity index (χ2n) is 4.40. The van der Waals surface area contributed by atoms with E-state index < -0.39 is 17.8 Å². The summed E-state index contributed by atoms with van der Waals surface area (Å²) in [6, 6.07) is 5.47. The van der Waals surface area contributed by atoms with E-state index in [1.807, 2.05) is 0 Å². The van der Waals surface area contributed by atoms with Gasteiger partial charge in [-0.05, 0) is 18.1 Å². The molecule has 19 heavy (non-hydrogen) atoms. The van der Waals surface area contributed by atoms with Crippen LogP contribution in [-0.2, 0) is 4.79 Å². The molecule has 0 aliphatic rings. The largest absolute Gasteiger partial charge is 0.481 e. The highest BCUT2D eigenvalue weighted by atomic mass is 19.1. The molecular formula is C13H17FN2O3. The van der Waals surface area contributed by atoms with Crippen molar-refractivity contribution in [1.82, 2.24) is 5.32 Å². The van der Waals surface area contributed by atoms with E-state index in [9.17, 15) is 14.0 Å². The van der Waals surface area contributed by atoms with Crippen LogP contribution in [0.5, 0.6) is 0 Å². The lowest BCUT2D eigenvalue weighted by Gasteiger charge is -2.19. The van der Waals surface area contributed by atoms with E-state index in [-0.39, 0.29) is 24.6 Å². The summed E-state index contributed by atoms with van der Waals surface area (Å²) in [6.07, 6.45) is -0.0241. The molecule has 1 aromatic carbocycles. The number of carbonyl (C=O) groups excluding carboxylic acids is 1. The average molecular weight is 268 g/mol. The third kappa shape index (κ3) is 4.57. The van der Waals surface area contributed by atoms with Gasteiger partial charge in [-0.3, -0.25) is 9.69 Å². The average Bonchev–Trinajstić information content (AvgIpc) is 2.35. The number of carbonyl (C=O) groups is 2. The summed E-state index contributed by atoms with van der Waals surface area (Å²) in [5.41, 5.74) is 0.172. The van der Waals surface area contributed by atoms with E-state index in [0.29, 0.717) is 0 Å². The Morgan fingerprint density at radius 1 is 1.42 bits per heavy atom. The molecule has 2 N–H and O–H groups in total. The number of hydrogen-bond acceptors (Lipinski definition) is 2. The van der Waals surface area contributed by atoms with Crippen molar-refractivity contribution < 1.29 is 19.1 Å². The Morgan fingerprint density at radius 2 is 2.05 bits per heavy atom. The molecule has 0 fully saturated rings. The van der Waals surface area contributed by atoms with Crippen molar-refractivity contribution in [3.63, 3.8) is 0 Å². The summed E-state index contributed by atoms with van der Waals surface area (Å²) >= 11 is 0. The number of nitrogens with zero attached hydrogens (tertiary/aromatic N) is 1. The third-order valence-corrected chi connectivity index (χ3v) is 2.64. The van der Waals surface area contributed by atoms with Crippen LogP contribution < -0.4 is 10.2 Å². The van der Waals surface area contributed by atoms with Crippen molar-refractivity contribution >= 4 is 17.7 Å². The standard InChI is InChI=1S/C13H17FN2O3/c1-9(7-12(17)18)8-15-13(19)16(2)11-6-4-3-5-10(11)14/h3-6,9H,7-8H2,1-2H3,(H,15,19)(H,17,18). The maximum absolute atomic E-state index is 13.5. The normalized spacial score (nSPS) is 11.7. The summed E-state index contributed by atoms with van der Waals surface area (Å²) in [7, 11) is 1.45. The van der Waals surface area contributed by atoms with Crippen LogP contribution >= 0.6 is 0 Å². The predicted octanol–water partition coefficient (Wildman–Crippen LogP) is 2.08. The number of rotatable bonds is 5. The molecule has 0 saturated heterocycles. The minimum atomic E-state index is -0.913. The van der Waals surface area contributed by atoms with Crippen LogP contribution in [0, 0.1) is 11.7 Å². The number of aliphatic carboxylic acids is 1. The first-order valence-electron chi connectivity index (χ1n) is 5.89. The number of urea groups is 1. The number of amides is 2. The van der Waals surface area contributed by atoms with Gasteiger partial charge in [0.25, 0.3) is 0 Å². The first-order valence-corrected chi connectivity index (χ1v) is 5.89. The summed E-state index contributed by atoms with van der Waals surface area (Å²) in [6.45, 7) is 1.95. The van der Waals surface area contributed by atoms with Gasteiger partial charge < -0.3 is 10.4 Å². The maximum atomic E-state index is 13.5. The second kappa shape index (κ2) is 6.72. The molecule has 0 aliphatic heterocycles. The van der Waals surface area contributed by atoms with Crippen molar-refractivity contribution in [3.8, 4) is 0 Å². The van der Waals surface area contributed by atoms with Crippen LogP contribution in [0.25, 0.3) is 0 Å². The van der Waals surface area contributed by atoms with E-state index in [0.717, 1.165) is 4.90 Å². The van der Waals surface area contributed by atoms with Gasteiger partial charge in [0.15, 0.2) is 0 Å². The molecular weight excluding hydrogens is 251 g/mol. The van der Waals surface area contributed by atoms with E-state index in [4.69, 9.17) is 5.11 Å². The minimum absolute atomic E-state index is 0.0241. The van der Waals surface area contributed by atoms with Crippen LogP contribution in [0.15, 0.2) is 24.3 Å². The van der Waals surface area contributed by atoms with E-state index in [1.165, 1.54) is 19.2 Å². The van der Waals surface area contributed by atoms with Gasteiger partial charge in [0.05, 0.1) is 5.69 Å². The monoisotopic (exact) mass is 268 g/mol. The number of nitrogens with one attached hydrogen (secondary N) is 1. The molecule has 1 rings (SSSR count). The Labute approximate surface area is 111 Å². The molecule has 2 amide bonds. The summed E-state index contributed by atoms with van der Waals surface area (Å²) in [5, 5.41) is 11.2. The quantitative estimate of drug-likeness (QED) is 0.859. The van der Waals surface area contributed by atoms with Crippen molar-refractivity contribution in [3.05, 3.63) is 30.1 Å². The number of halogens is 1. The second-order valence-corrected chi connectivity index (χ2v) is 4.40. The van der Waals surface area contributed by atoms with Gasteiger partial charge in [-0.1, -0.05) is 19.1 Å². The molecule has 0 bridgehead atoms. The number of benzene rings is 1. The van der Waals surface area contributed by atoms with E-state index in [1.54, 1.807) is 19.1 Å². The van der Waals surface area contributed by atoms with Crippen LogP contribution in [0.1, 0.15) is 13.3 Å². The Bertz CT molecular complexity index is 465. The van der Waals surface area contributed by atoms with E-state index >= 15 is 0 Å². The summed E-state index contributed by atoms with van der Waals surface area (Å²) in [5.74, 6) is -1.58. The SMILES string of the molecule is CC(CNC(=O)N(C)c1ccccc1F)CC(=O)O. The molecule has 6 heteroatoms. The van der Waals surface area contributed by atoms with Crippen LogP contribution in [-0.4, -0.2) is 30.7 Å².